The number of benzene rings is 2. The monoisotopic (exact) mass is 501 g/mol. The lowest BCUT2D eigenvalue weighted by Crippen LogP contribution is -2.53. The minimum absolute atomic E-state index is 0.0392. The van der Waals surface area contributed by atoms with Crippen molar-refractivity contribution in [2.75, 3.05) is 44.7 Å². The molecule has 2 heterocycles. The van der Waals surface area contributed by atoms with Crippen LogP contribution in [0.2, 0.25) is 0 Å². The van der Waals surface area contributed by atoms with Crippen molar-refractivity contribution in [2.45, 2.75) is 33.2 Å². The number of hydrogen-bond donors (Lipinski definition) is 0. The molecule has 4 rings (SSSR count). The summed E-state index contributed by atoms with van der Waals surface area (Å²) in [5, 5.41) is 8.84. The van der Waals surface area contributed by atoms with E-state index >= 15 is 0 Å². The number of amides is 2. The number of anilines is 1. The van der Waals surface area contributed by atoms with Crippen molar-refractivity contribution in [1.82, 2.24) is 20.0 Å². The Bertz CT molecular complexity index is 1190. The van der Waals surface area contributed by atoms with Gasteiger partial charge in [0.05, 0.1) is 12.8 Å². The Hall–Kier alpha value is -3.94. The normalized spacial score (nSPS) is 14.3. The second-order valence-electron chi connectivity index (χ2n) is 9.43. The van der Waals surface area contributed by atoms with Crippen LogP contribution in [0.3, 0.4) is 0 Å². The van der Waals surface area contributed by atoms with Crippen molar-refractivity contribution in [2.24, 2.45) is 0 Å². The smallest absolute Gasteiger partial charge is 0.254 e. The zero-order valence-electron chi connectivity index (χ0n) is 22.1. The van der Waals surface area contributed by atoms with Gasteiger partial charge in [-0.1, -0.05) is 36.8 Å². The number of rotatable bonds is 8. The molecule has 194 valence electrons. The third kappa shape index (κ3) is 6.25. The zero-order chi connectivity index (χ0) is 26.4. The Labute approximate surface area is 218 Å². The SMILES string of the molecule is CC[C@H](C)N(CC(=O)N1CCN(c2ccc(-c3ccc(C)cc3)nn2)CC1)C(=O)c1ccc(OC)cc1. The van der Waals surface area contributed by atoms with Crippen LogP contribution in [0.1, 0.15) is 36.2 Å². The van der Waals surface area contributed by atoms with Gasteiger partial charge in [-0.25, -0.2) is 0 Å². The lowest BCUT2D eigenvalue weighted by Gasteiger charge is -2.37. The largest absolute Gasteiger partial charge is 0.497 e. The molecule has 8 heteroatoms. The van der Waals surface area contributed by atoms with Crippen LogP contribution in [0.5, 0.6) is 5.75 Å². The molecule has 0 N–H and O–H groups in total. The summed E-state index contributed by atoms with van der Waals surface area (Å²) in [6.45, 7) is 8.60. The molecule has 0 saturated carbocycles. The topological polar surface area (TPSA) is 78.9 Å². The van der Waals surface area contributed by atoms with E-state index in [1.54, 1.807) is 36.3 Å². The molecule has 37 heavy (non-hydrogen) atoms. The minimum Gasteiger partial charge on any atom is -0.497 e. The Balaban J connectivity index is 1.35. The molecule has 1 aliphatic rings. The molecule has 0 aliphatic carbocycles. The van der Waals surface area contributed by atoms with E-state index in [0.717, 1.165) is 23.5 Å². The molecule has 0 radical (unpaired) electrons. The van der Waals surface area contributed by atoms with Crippen LogP contribution in [0, 0.1) is 6.92 Å². The fourth-order valence-corrected chi connectivity index (χ4v) is 4.35. The number of aromatic nitrogens is 2. The average Bonchev–Trinajstić information content (AvgIpc) is 2.95. The summed E-state index contributed by atoms with van der Waals surface area (Å²) in [6, 6.07) is 19.1. The maximum atomic E-state index is 13.2. The van der Waals surface area contributed by atoms with E-state index in [1.807, 2.05) is 43.0 Å². The van der Waals surface area contributed by atoms with E-state index in [4.69, 9.17) is 4.74 Å². The molecule has 1 atom stereocenters. The molecule has 1 saturated heterocycles. The average molecular weight is 502 g/mol. The van der Waals surface area contributed by atoms with Gasteiger partial charge in [0.2, 0.25) is 5.91 Å². The second-order valence-corrected chi connectivity index (χ2v) is 9.43. The Morgan fingerprint density at radius 1 is 0.946 bits per heavy atom. The summed E-state index contributed by atoms with van der Waals surface area (Å²) in [5.74, 6) is 1.31. The van der Waals surface area contributed by atoms with E-state index < -0.39 is 0 Å². The predicted octanol–water partition coefficient (Wildman–Crippen LogP) is 4.05. The van der Waals surface area contributed by atoms with Crippen LogP contribution in [-0.4, -0.2) is 77.7 Å². The fraction of sp³-hybridized carbons (Fsp3) is 0.379. The van der Waals surface area contributed by atoms with Gasteiger partial charge in [-0.05, 0) is 56.7 Å². The molecule has 1 aromatic heterocycles. The first-order chi connectivity index (χ1) is 17.9. The Morgan fingerprint density at radius 3 is 2.19 bits per heavy atom. The molecule has 8 nitrogen and oxygen atoms in total. The van der Waals surface area contributed by atoms with Gasteiger partial charge in [0.25, 0.3) is 5.91 Å². The Kier molecular flexibility index (Phi) is 8.38. The molecule has 1 aliphatic heterocycles. The van der Waals surface area contributed by atoms with Crippen LogP contribution in [0.25, 0.3) is 11.3 Å². The number of methoxy groups -OCH3 is 1. The number of carbonyl (C=O) groups is 2. The highest BCUT2D eigenvalue weighted by molar-refractivity contribution is 5.96. The summed E-state index contributed by atoms with van der Waals surface area (Å²) < 4.78 is 5.19. The van der Waals surface area contributed by atoms with Gasteiger partial charge in [-0.3, -0.25) is 9.59 Å². The maximum absolute atomic E-state index is 13.2. The molecular weight excluding hydrogens is 466 g/mol. The summed E-state index contributed by atoms with van der Waals surface area (Å²) in [7, 11) is 1.59. The van der Waals surface area contributed by atoms with Crippen LogP contribution in [0.15, 0.2) is 60.7 Å². The first-order valence-electron chi connectivity index (χ1n) is 12.8. The number of ether oxygens (including phenoxy) is 1. The van der Waals surface area contributed by atoms with Crippen LogP contribution < -0.4 is 9.64 Å². The third-order valence-corrected chi connectivity index (χ3v) is 6.98. The standard InChI is InChI=1S/C29H35N5O3/c1-5-22(3)34(29(36)24-10-12-25(37-4)13-11-24)20-28(35)33-18-16-32(17-19-33)27-15-14-26(30-31-27)23-8-6-21(2)7-9-23/h6-15,22H,5,16-20H2,1-4H3/t22-/m0/s1. The number of carbonyl (C=O) groups excluding carboxylic acids is 2. The number of piperazine rings is 1. The van der Waals surface area contributed by atoms with Crippen molar-refractivity contribution in [3.63, 3.8) is 0 Å². The molecular formula is C29H35N5O3. The first-order valence-corrected chi connectivity index (χ1v) is 12.8. The highest BCUT2D eigenvalue weighted by Crippen LogP contribution is 2.20. The molecule has 0 bridgehead atoms. The molecule has 2 amide bonds. The number of nitrogens with zero attached hydrogens (tertiary/aromatic N) is 5. The van der Waals surface area contributed by atoms with Gasteiger partial charge in [0.1, 0.15) is 12.3 Å². The van der Waals surface area contributed by atoms with Gasteiger partial charge in [-0.2, -0.15) is 0 Å². The molecule has 3 aromatic rings. The van der Waals surface area contributed by atoms with Crippen molar-refractivity contribution in [3.05, 3.63) is 71.8 Å². The second kappa shape index (κ2) is 11.9. The van der Waals surface area contributed by atoms with Crippen LogP contribution >= 0.6 is 0 Å². The highest BCUT2D eigenvalue weighted by Gasteiger charge is 2.28. The quantitative estimate of drug-likeness (QED) is 0.463. The van der Waals surface area contributed by atoms with Crippen molar-refractivity contribution in [1.29, 1.82) is 0 Å². The lowest BCUT2D eigenvalue weighted by atomic mass is 10.1. The minimum atomic E-state index is -0.145. The maximum Gasteiger partial charge on any atom is 0.254 e. The van der Waals surface area contributed by atoms with Crippen LogP contribution in [0.4, 0.5) is 5.82 Å². The molecule has 2 aromatic carbocycles. The Morgan fingerprint density at radius 2 is 1.62 bits per heavy atom. The van der Waals surface area contributed by atoms with E-state index in [-0.39, 0.29) is 24.4 Å². The summed E-state index contributed by atoms with van der Waals surface area (Å²) in [6.07, 6.45) is 0.764. The van der Waals surface area contributed by atoms with Crippen molar-refractivity contribution < 1.29 is 14.3 Å². The van der Waals surface area contributed by atoms with E-state index in [0.29, 0.717) is 37.5 Å². The van der Waals surface area contributed by atoms with Crippen molar-refractivity contribution in [3.8, 4) is 17.0 Å². The molecule has 1 fully saturated rings. The summed E-state index contributed by atoms with van der Waals surface area (Å²) in [4.78, 5) is 32.1. The first kappa shape index (κ1) is 26.1. The summed E-state index contributed by atoms with van der Waals surface area (Å²) >= 11 is 0. The van der Waals surface area contributed by atoms with Gasteiger partial charge < -0.3 is 19.4 Å². The van der Waals surface area contributed by atoms with Gasteiger partial charge >= 0.3 is 0 Å². The van der Waals surface area contributed by atoms with Gasteiger partial charge in [0, 0.05) is 43.3 Å². The number of aryl methyl sites for hydroxylation is 1. The molecule has 0 unspecified atom stereocenters. The fourth-order valence-electron chi connectivity index (χ4n) is 4.35. The van der Waals surface area contributed by atoms with Crippen molar-refractivity contribution >= 4 is 17.6 Å². The number of hydrogen-bond acceptors (Lipinski definition) is 6. The van der Waals surface area contributed by atoms with E-state index in [1.165, 1.54) is 5.56 Å². The van der Waals surface area contributed by atoms with E-state index in [2.05, 4.69) is 34.2 Å². The highest BCUT2D eigenvalue weighted by atomic mass is 16.5. The van der Waals surface area contributed by atoms with Gasteiger partial charge in [0.15, 0.2) is 5.82 Å². The summed E-state index contributed by atoms with van der Waals surface area (Å²) in [5.41, 5.74) is 3.63. The zero-order valence-corrected chi connectivity index (χ0v) is 22.1. The lowest BCUT2D eigenvalue weighted by molar-refractivity contribution is -0.132. The van der Waals surface area contributed by atoms with Gasteiger partial charge in [-0.15, -0.1) is 10.2 Å². The molecule has 0 spiro atoms. The van der Waals surface area contributed by atoms with Crippen LogP contribution in [-0.2, 0) is 4.79 Å². The van der Waals surface area contributed by atoms with E-state index in [9.17, 15) is 9.59 Å². The predicted molar refractivity (Wildman–Crippen MR) is 145 cm³/mol. The third-order valence-electron chi connectivity index (χ3n) is 6.98.